The number of halogens is 1. The van der Waals surface area contributed by atoms with E-state index in [1.165, 1.54) is 6.08 Å². The Balaban J connectivity index is 2.06. The van der Waals surface area contributed by atoms with Crippen molar-refractivity contribution in [3.05, 3.63) is 57.6 Å². The van der Waals surface area contributed by atoms with Gasteiger partial charge in [0, 0.05) is 17.1 Å². The molecule has 2 aromatic carbocycles. The zero-order chi connectivity index (χ0) is 19.1. The number of carbonyl (C=O) groups excluding carboxylic acids is 1. The van der Waals surface area contributed by atoms with Gasteiger partial charge in [-0.1, -0.05) is 28.1 Å². The first kappa shape index (κ1) is 19.8. The van der Waals surface area contributed by atoms with Crippen LogP contribution in [0, 0.1) is 6.92 Å². The van der Waals surface area contributed by atoms with E-state index in [1.807, 2.05) is 37.3 Å². The highest BCUT2D eigenvalue weighted by Crippen LogP contribution is 2.38. The highest BCUT2D eigenvalue weighted by atomic mass is 79.9. The molecule has 1 amide bonds. The van der Waals surface area contributed by atoms with Crippen LogP contribution in [-0.4, -0.2) is 27.2 Å². The van der Waals surface area contributed by atoms with Crippen molar-refractivity contribution >= 4 is 27.9 Å². The summed E-state index contributed by atoms with van der Waals surface area (Å²) < 4.78 is 16.9. The summed E-state index contributed by atoms with van der Waals surface area (Å²) in [5.41, 5.74) is 2.94. The first-order valence-electron chi connectivity index (χ1n) is 7.99. The van der Waals surface area contributed by atoms with Gasteiger partial charge in [-0.2, -0.15) is 0 Å². The molecule has 0 aliphatic rings. The van der Waals surface area contributed by atoms with Gasteiger partial charge in [0.2, 0.25) is 11.7 Å². The molecule has 5 nitrogen and oxygen atoms in total. The largest absolute Gasteiger partial charge is 0.493 e. The van der Waals surface area contributed by atoms with Gasteiger partial charge >= 0.3 is 0 Å². The van der Waals surface area contributed by atoms with E-state index in [1.54, 1.807) is 27.4 Å². The smallest absolute Gasteiger partial charge is 0.244 e. The van der Waals surface area contributed by atoms with Crippen LogP contribution >= 0.6 is 15.9 Å². The maximum atomic E-state index is 12.1. The second kappa shape index (κ2) is 9.29. The van der Waals surface area contributed by atoms with Gasteiger partial charge in [-0.3, -0.25) is 4.79 Å². The Morgan fingerprint density at radius 2 is 1.73 bits per heavy atom. The molecule has 0 spiro atoms. The lowest BCUT2D eigenvalue weighted by Crippen LogP contribution is -2.20. The summed E-state index contributed by atoms with van der Waals surface area (Å²) in [5.74, 6) is 1.44. The molecular weight excluding hydrogens is 398 g/mol. The quantitative estimate of drug-likeness (QED) is 0.685. The number of aryl methyl sites for hydroxylation is 1. The fraction of sp³-hybridized carbons (Fsp3) is 0.250. The molecule has 2 aromatic rings. The minimum atomic E-state index is -0.189. The summed E-state index contributed by atoms with van der Waals surface area (Å²) in [6.07, 6.45) is 3.28. The van der Waals surface area contributed by atoms with Crippen molar-refractivity contribution in [2.45, 2.75) is 13.5 Å². The Bertz CT molecular complexity index is 792. The first-order chi connectivity index (χ1) is 12.5. The van der Waals surface area contributed by atoms with Crippen LogP contribution in [0.5, 0.6) is 17.2 Å². The molecule has 0 aromatic heterocycles. The third-order valence-corrected chi connectivity index (χ3v) is 4.45. The lowest BCUT2D eigenvalue weighted by atomic mass is 10.1. The SMILES string of the molecule is COc1cc(CNC(=O)/C=C/c2ccc(C)cc2Br)cc(OC)c1OC. The van der Waals surface area contributed by atoms with Crippen LogP contribution in [0.4, 0.5) is 0 Å². The molecular formula is C20H22BrNO4. The highest BCUT2D eigenvalue weighted by Gasteiger charge is 2.13. The number of hydrogen-bond donors (Lipinski definition) is 1. The summed E-state index contributed by atoms with van der Waals surface area (Å²) >= 11 is 3.50. The van der Waals surface area contributed by atoms with Gasteiger partial charge in [0.25, 0.3) is 0 Å². The molecule has 0 atom stereocenters. The predicted molar refractivity (Wildman–Crippen MR) is 106 cm³/mol. The average Bonchev–Trinajstić information content (AvgIpc) is 2.64. The van der Waals surface area contributed by atoms with Crippen LogP contribution in [-0.2, 0) is 11.3 Å². The fourth-order valence-electron chi connectivity index (χ4n) is 2.42. The van der Waals surface area contributed by atoms with Gasteiger partial charge in [0.15, 0.2) is 11.5 Å². The minimum absolute atomic E-state index is 0.189. The summed E-state index contributed by atoms with van der Waals surface area (Å²) in [4.78, 5) is 12.1. The number of ether oxygens (including phenoxy) is 3. The first-order valence-corrected chi connectivity index (χ1v) is 8.78. The average molecular weight is 420 g/mol. The van der Waals surface area contributed by atoms with Crippen molar-refractivity contribution in [2.75, 3.05) is 21.3 Å². The molecule has 1 N–H and O–H groups in total. The lowest BCUT2D eigenvalue weighted by Gasteiger charge is -2.14. The number of amides is 1. The highest BCUT2D eigenvalue weighted by molar-refractivity contribution is 9.10. The third-order valence-electron chi connectivity index (χ3n) is 3.76. The molecule has 2 rings (SSSR count). The van der Waals surface area contributed by atoms with Crippen LogP contribution in [0.15, 0.2) is 40.9 Å². The molecule has 0 unspecified atom stereocenters. The summed E-state index contributed by atoms with van der Waals surface area (Å²) in [5, 5.41) is 2.85. The maximum absolute atomic E-state index is 12.1. The van der Waals surface area contributed by atoms with E-state index >= 15 is 0 Å². The molecule has 138 valence electrons. The second-order valence-electron chi connectivity index (χ2n) is 5.61. The van der Waals surface area contributed by atoms with Gasteiger partial charge < -0.3 is 19.5 Å². The Morgan fingerprint density at radius 3 is 2.27 bits per heavy atom. The fourth-order valence-corrected chi connectivity index (χ4v) is 3.04. The van der Waals surface area contributed by atoms with E-state index in [0.29, 0.717) is 23.8 Å². The number of methoxy groups -OCH3 is 3. The van der Waals surface area contributed by atoms with Crippen molar-refractivity contribution < 1.29 is 19.0 Å². The van der Waals surface area contributed by atoms with Gasteiger partial charge in [-0.25, -0.2) is 0 Å². The third kappa shape index (κ3) is 5.02. The van der Waals surface area contributed by atoms with E-state index in [4.69, 9.17) is 14.2 Å². The molecule has 6 heteroatoms. The van der Waals surface area contributed by atoms with Gasteiger partial charge in [0.05, 0.1) is 21.3 Å². The van der Waals surface area contributed by atoms with Crippen LogP contribution in [0.25, 0.3) is 6.08 Å². The minimum Gasteiger partial charge on any atom is -0.493 e. The van der Waals surface area contributed by atoms with Crippen molar-refractivity contribution in [3.8, 4) is 17.2 Å². The lowest BCUT2D eigenvalue weighted by molar-refractivity contribution is -0.116. The van der Waals surface area contributed by atoms with Gasteiger partial charge in [0.1, 0.15) is 0 Å². The van der Waals surface area contributed by atoms with Crippen molar-refractivity contribution in [1.29, 1.82) is 0 Å². The normalized spacial score (nSPS) is 10.7. The van der Waals surface area contributed by atoms with Crippen molar-refractivity contribution in [3.63, 3.8) is 0 Å². The van der Waals surface area contributed by atoms with E-state index in [0.717, 1.165) is 21.2 Å². The number of benzene rings is 2. The zero-order valence-corrected chi connectivity index (χ0v) is 16.8. The van der Waals surface area contributed by atoms with Crippen LogP contribution < -0.4 is 19.5 Å². The van der Waals surface area contributed by atoms with Crippen molar-refractivity contribution in [1.82, 2.24) is 5.32 Å². The van der Waals surface area contributed by atoms with E-state index < -0.39 is 0 Å². The van der Waals surface area contributed by atoms with Crippen LogP contribution in [0.2, 0.25) is 0 Å². The maximum Gasteiger partial charge on any atom is 0.244 e. The molecule has 0 heterocycles. The molecule has 0 aliphatic heterocycles. The number of rotatable bonds is 7. The Morgan fingerprint density at radius 1 is 1.08 bits per heavy atom. The molecule has 0 bridgehead atoms. The predicted octanol–water partition coefficient (Wildman–Crippen LogP) is 4.11. The monoisotopic (exact) mass is 419 g/mol. The van der Waals surface area contributed by atoms with E-state index in [-0.39, 0.29) is 5.91 Å². The van der Waals surface area contributed by atoms with Crippen LogP contribution in [0.1, 0.15) is 16.7 Å². The van der Waals surface area contributed by atoms with E-state index in [9.17, 15) is 4.79 Å². The summed E-state index contributed by atoms with van der Waals surface area (Å²) in [6.45, 7) is 2.36. The molecule has 0 aliphatic carbocycles. The molecule has 0 saturated carbocycles. The summed E-state index contributed by atoms with van der Waals surface area (Å²) in [6, 6.07) is 9.58. The standard InChI is InChI=1S/C20H22BrNO4/c1-13-5-6-15(16(21)9-13)7-8-19(23)22-12-14-10-17(24-2)20(26-4)18(11-14)25-3/h5-11H,12H2,1-4H3,(H,22,23)/b8-7+. The summed E-state index contributed by atoms with van der Waals surface area (Å²) in [7, 11) is 4.67. The topological polar surface area (TPSA) is 56.8 Å². The van der Waals surface area contributed by atoms with Crippen molar-refractivity contribution in [2.24, 2.45) is 0 Å². The second-order valence-corrected chi connectivity index (χ2v) is 6.46. The van der Waals surface area contributed by atoms with Gasteiger partial charge in [-0.05, 0) is 47.9 Å². The Kier molecular flexibility index (Phi) is 7.09. The molecule has 26 heavy (non-hydrogen) atoms. The Labute approximate surface area is 162 Å². The molecule has 0 radical (unpaired) electrons. The number of nitrogens with one attached hydrogen (secondary N) is 1. The number of carbonyl (C=O) groups is 1. The van der Waals surface area contributed by atoms with Crippen LogP contribution in [0.3, 0.4) is 0 Å². The number of hydrogen-bond acceptors (Lipinski definition) is 4. The molecule has 0 saturated heterocycles. The Hall–Kier alpha value is -2.47. The zero-order valence-electron chi connectivity index (χ0n) is 15.3. The van der Waals surface area contributed by atoms with E-state index in [2.05, 4.69) is 21.2 Å². The van der Waals surface area contributed by atoms with Gasteiger partial charge in [-0.15, -0.1) is 0 Å². The molecule has 0 fully saturated rings.